The van der Waals surface area contributed by atoms with E-state index in [0.717, 1.165) is 6.07 Å². The Morgan fingerprint density at radius 3 is 2.50 bits per heavy atom. The molecule has 1 fully saturated rings. The molecule has 5 N–H and O–H groups in total. The molecule has 212 valence electrons. The number of nitrogens with zero attached hydrogens (tertiary/aromatic N) is 3. The molecule has 1 aliphatic rings. The predicted octanol–water partition coefficient (Wildman–Crippen LogP) is 4.31. The molecule has 1 amide bonds. The Labute approximate surface area is 226 Å². The Hall–Kier alpha value is -4.33. The van der Waals surface area contributed by atoms with Crippen LogP contribution in [-0.2, 0) is 16.6 Å². The number of allylic oxidation sites excluding steroid dienone is 1. The van der Waals surface area contributed by atoms with Crippen molar-refractivity contribution >= 4 is 23.4 Å². The number of carbonyl (C=O) groups excluding carboxylic acids is 1. The van der Waals surface area contributed by atoms with Crippen molar-refractivity contribution in [2.45, 2.75) is 44.2 Å². The Morgan fingerprint density at radius 2 is 1.90 bits per heavy atom. The van der Waals surface area contributed by atoms with Gasteiger partial charge in [-0.3, -0.25) is 4.79 Å². The molecule has 0 aliphatic heterocycles. The van der Waals surface area contributed by atoms with Crippen LogP contribution in [0.2, 0.25) is 0 Å². The fourth-order valence-corrected chi connectivity index (χ4v) is 3.87. The molecule has 1 saturated carbocycles. The molecular formula is C26H27F4N7O3. The smallest absolute Gasteiger partial charge is 0.395 e. The maximum atomic E-state index is 14.8. The molecular weight excluding hydrogens is 534 g/mol. The zero-order chi connectivity index (χ0) is 28.9. The van der Waals surface area contributed by atoms with Crippen LogP contribution >= 0.6 is 0 Å². The summed E-state index contributed by atoms with van der Waals surface area (Å²) in [6, 6.07) is 5.28. The van der Waals surface area contributed by atoms with E-state index in [-0.39, 0.29) is 49.0 Å². The minimum atomic E-state index is -4.47. The Kier molecular flexibility index (Phi) is 8.47. The van der Waals surface area contributed by atoms with Crippen LogP contribution in [0, 0.1) is 11.2 Å². The molecule has 0 spiro atoms. The van der Waals surface area contributed by atoms with Crippen LogP contribution in [0.5, 0.6) is 0 Å². The normalized spacial score (nSPS) is 14.5. The summed E-state index contributed by atoms with van der Waals surface area (Å²) in [5.41, 5.74) is -0.288. The lowest BCUT2D eigenvalue weighted by atomic mass is 10.0. The van der Waals surface area contributed by atoms with E-state index in [1.807, 2.05) is 6.92 Å². The summed E-state index contributed by atoms with van der Waals surface area (Å²) < 4.78 is 59.4. The van der Waals surface area contributed by atoms with Gasteiger partial charge < -0.3 is 31.0 Å². The number of alkyl halides is 3. The molecule has 40 heavy (non-hydrogen) atoms. The summed E-state index contributed by atoms with van der Waals surface area (Å²) in [7, 11) is 0. The topological polar surface area (TPSA) is 149 Å². The number of benzene rings is 1. The van der Waals surface area contributed by atoms with Gasteiger partial charge in [0.15, 0.2) is 11.6 Å². The Bertz CT molecular complexity index is 1400. The standard InChI is InChI=1S/C26H27F4N7O3/c1-2-19(31)20(14-32-7-8-38)35-24-33-12-17(13-34-24)15-3-4-16(18(27)9-15)10-23(39)36-22-11-21(40-37-22)25(5-6-25)26(28,29)30/h3-4,9,11-14,31-32,38H,2,5-8,10H2,1H3,(H,33,34,35)(H,36,37,39)/b20-14+,31-19?. The summed E-state index contributed by atoms with van der Waals surface area (Å²) >= 11 is 0. The van der Waals surface area contributed by atoms with E-state index in [1.165, 1.54) is 24.5 Å². The lowest BCUT2D eigenvalue weighted by Crippen LogP contribution is -2.28. The van der Waals surface area contributed by atoms with Gasteiger partial charge in [-0.25, -0.2) is 14.4 Å². The van der Waals surface area contributed by atoms with Gasteiger partial charge in [0.25, 0.3) is 0 Å². The third-order valence-corrected chi connectivity index (χ3v) is 6.36. The second-order valence-corrected chi connectivity index (χ2v) is 9.18. The summed E-state index contributed by atoms with van der Waals surface area (Å²) in [4.78, 5) is 20.8. The summed E-state index contributed by atoms with van der Waals surface area (Å²) in [6.07, 6.45) is -0.103. The highest BCUT2D eigenvalue weighted by atomic mass is 19.4. The van der Waals surface area contributed by atoms with Crippen molar-refractivity contribution < 1.29 is 32.0 Å². The highest BCUT2D eigenvalue weighted by Gasteiger charge is 2.66. The number of carbonyl (C=O) groups is 1. The summed E-state index contributed by atoms with van der Waals surface area (Å²) in [6.45, 7) is 2.07. The lowest BCUT2D eigenvalue weighted by molar-refractivity contribution is -0.165. The molecule has 10 nitrogen and oxygen atoms in total. The number of rotatable bonds is 12. The first-order valence-corrected chi connectivity index (χ1v) is 12.4. The van der Waals surface area contributed by atoms with Gasteiger partial charge >= 0.3 is 6.18 Å². The first-order chi connectivity index (χ1) is 19.1. The van der Waals surface area contributed by atoms with Crippen LogP contribution in [-0.4, -0.2) is 51.2 Å². The van der Waals surface area contributed by atoms with E-state index in [9.17, 15) is 22.4 Å². The quantitative estimate of drug-likeness (QED) is 0.125. The van der Waals surface area contributed by atoms with E-state index in [0.29, 0.717) is 35.5 Å². The molecule has 3 aromatic rings. The number of anilines is 2. The number of aliphatic hydroxyl groups excluding tert-OH is 1. The largest absolute Gasteiger partial charge is 0.401 e. The van der Waals surface area contributed by atoms with Crippen LogP contribution < -0.4 is 16.0 Å². The van der Waals surface area contributed by atoms with Gasteiger partial charge in [-0.05, 0) is 36.5 Å². The number of hydrogen-bond donors (Lipinski definition) is 5. The highest BCUT2D eigenvalue weighted by molar-refractivity contribution is 5.99. The number of hydrogen-bond acceptors (Lipinski definition) is 9. The average molecular weight is 562 g/mol. The monoisotopic (exact) mass is 561 g/mol. The van der Waals surface area contributed by atoms with Crippen molar-refractivity contribution in [2.75, 3.05) is 23.8 Å². The SMILES string of the molecule is CCC(=N)/C(=C\NCCO)Nc1ncc(-c2ccc(CC(=O)Nc3cc(C4(C(F)(F)F)CC4)on3)c(F)c2)cn1. The van der Waals surface area contributed by atoms with Crippen LogP contribution in [0.4, 0.5) is 29.3 Å². The van der Waals surface area contributed by atoms with Gasteiger partial charge in [-0.15, -0.1) is 0 Å². The Balaban J connectivity index is 1.38. The van der Waals surface area contributed by atoms with E-state index in [4.69, 9.17) is 15.0 Å². The minimum Gasteiger partial charge on any atom is -0.395 e. The van der Waals surface area contributed by atoms with Gasteiger partial charge in [0.1, 0.15) is 11.2 Å². The van der Waals surface area contributed by atoms with Gasteiger partial charge in [0.2, 0.25) is 11.9 Å². The molecule has 14 heteroatoms. The first-order valence-electron chi connectivity index (χ1n) is 12.4. The number of aliphatic hydroxyl groups is 1. The van der Waals surface area contributed by atoms with Crippen molar-refractivity contribution in [3.63, 3.8) is 0 Å². The van der Waals surface area contributed by atoms with Crippen LogP contribution in [0.3, 0.4) is 0 Å². The van der Waals surface area contributed by atoms with Crippen molar-refractivity contribution in [2.24, 2.45) is 0 Å². The fourth-order valence-electron chi connectivity index (χ4n) is 3.87. The second kappa shape index (κ2) is 11.8. The van der Waals surface area contributed by atoms with Crippen LogP contribution in [0.15, 0.2) is 53.1 Å². The average Bonchev–Trinajstić information content (AvgIpc) is 3.63. The second-order valence-electron chi connectivity index (χ2n) is 9.18. The molecule has 1 aromatic carbocycles. The lowest BCUT2D eigenvalue weighted by Gasteiger charge is -2.14. The van der Waals surface area contributed by atoms with Gasteiger partial charge in [-0.1, -0.05) is 24.2 Å². The van der Waals surface area contributed by atoms with Crippen molar-refractivity contribution in [3.8, 4) is 11.1 Å². The number of aromatic nitrogens is 3. The minimum absolute atomic E-state index is 0.0666. The molecule has 1 aliphatic carbocycles. The zero-order valence-corrected chi connectivity index (χ0v) is 21.4. The van der Waals surface area contributed by atoms with Crippen LogP contribution in [0.1, 0.15) is 37.5 Å². The molecule has 2 aromatic heterocycles. The zero-order valence-electron chi connectivity index (χ0n) is 21.4. The molecule has 0 bridgehead atoms. The van der Waals surface area contributed by atoms with Gasteiger partial charge in [-0.2, -0.15) is 13.2 Å². The van der Waals surface area contributed by atoms with E-state index in [2.05, 4.69) is 31.1 Å². The number of nitrogens with one attached hydrogen (secondary N) is 4. The first kappa shape index (κ1) is 28.7. The van der Waals surface area contributed by atoms with Crippen molar-refractivity contribution in [3.05, 3.63) is 65.7 Å². The molecule has 4 rings (SSSR count). The molecule has 0 atom stereocenters. The van der Waals surface area contributed by atoms with E-state index >= 15 is 0 Å². The summed E-state index contributed by atoms with van der Waals surface area (Å²) in [5.74, 6) is -1.65. The molecule has 0 radical (unpaired) electrons. The number of halogens is 4. The van der Waals surface area contributed by atoms with Gasteiger partial charge in [0.05, 0.1) is 24.4 Å². The number of amides is 1. The van der Waals surface area contributed by atoms with E-state index in [1.54, 1.807) is 12.3 Å². The molecule has 0 unspecified atom stereocenters. The fraction of sp³-hybridized carbons (Fsp3) is 0.346. The Morgan fingerprint density at radius 1 is 1.18 bits per heavy atom. The summed E-state index contributed by atoms with van der Waals surface area (Å²) in [5, 5.41) is 28.6. The maximum absolute atomic E-state index is 14.8. The third kappa shape index (κ3) is 6.45. The predicted molar refractivity (Wildman–Crippen MR) is 138 cm³/mol. The third-order valence-electron chi connectivity index (χ3n) is 6.36. The van der Waals surface area contributed by atoms with Gasteiger partial charge in [0, 0.05) is 36.8 Å². The van der Waals surface area contributed by atoms with Crippen molar-refractivity contribution in [1.82, 2.24) is 20.4 Å². The highest BCUT2D eigenvalue weighted by Crippen LogP contribution is 2.59. The van der Waals surface area contributed by atoms with Crippen LogP contribution in [0.25, 0.3) is 11.1 Å². The molecule has 2 heterocycles. The molecule has 0 saturated heterocycles. The van der Waals surface area contributed by atoms with Crippen molar-refractivity contribution in [1.29, 1.82) is 5.41 Å². The maximum Gasteiger partial charge on any atom is 0.401 e. The van der Waals surface area contributed by atoms with E-state index < -0.39 is 23.3 Å².